The second kappa shape index (κ2) is 6.66. The van der Waals surface area contributed by atoms with Gasteiger partial charge in [-0.15, -0.1) is 0 Å². The van der Waals surface area contributed by atoms with Crippen molar-refractivity contribution in [1.82, 2.24) is 0 Å². The second-order valence-corrected chi connectivity index (χ2v) is 5.27. The van der Waals surface area contributed by atoms with Crippen molar-refractivity contribution in [3.05, 3.63) is 47.5 Å². The largest absolute Gasteiger partial charge is 0.494 e. The van der Waals surface area contributed by atoms with Crippen molar-refractivity contribution in [3.63, 3.8) is 0 Å². The molecule has 124 valence electrons. The van der Waals surface area contributed by atoms with Gasteiger partial charge in [-0.25, -0.2) is 0 Å². The van der Waals surface area contributed by atoms with Gasteiger partial charge in [-0.2, -0.15) is 0 Å². The van der Waals surface area contributed by atoms with Gasteiger partial charge in [0.1, 0.15) is 5.75 Å². The van der Waals surface area contributed by atoms with Crippen LogP contribution in [-0.2, 0) is 4.79 Å². The van der Waals surface area contributed by atoms with Crippen LogP contribution in [-0.4, -0.2) is 26.7 Å². The lowest BCUT2D eigenvalue weighted by atomic mass is 10.0. The van der Waals surface area contributed by atoms with Gasteiger partial charge in [-0.1, -0.05) is 12.1 Å². The van der Waals surface area contributed by atoms with Crippen LogP contribution in [0, 0.1) is 0 Å². The topological polar surface area (TPSA) is 56.8 Å². The van der Waals surface area contributed by atoms with Crippen LogP contribution in [0.2, 0.25) is 0 Å². The number of hydrogen-bond donors (Lipinski definition) is 1. The van der Waals surface area contributed by atoms with Crippen LogP contribution < -0.4 is 19.5 Å². The molecule has 0 aromatic heterocycles. The monoisotopic (exact) mass is 325 g/mol. The number of hydrogen-bond acceptors (Lipinski definition) is 4. The molecular formula is C19H19NO4. The summed E-state index contributed by atoms with van der Waals surface area (Å²) in [5, 5.41) is 2.86. The average Bonchev–Trinajstić information content (AvgIpc) is 2.90. The third kappa shape index (κ3) is 2.93. The van der Waals surface area contributed by atoms with Gasteiger partial charge in [0.05, 0.1) is 26.5 Å². The van der Waals surface area contributed by atoms with E-state index in [0.717, 1.165) is 22.6 Å². The molecule has 1 aliphatic rings. The van der Waals surface area contributed by atoms with E-state index in [2.05, 4.69) is 5.32 Å². The molecule has 0 saturated heterocycles. The molecular weight excluding hydrogens is 306 g/mol. The van der Waals surface area contributed by atoms with Gasteiger partial charge in [0.15, 0.2) is 11.5 Å². The van der Waals surface area contributed by atoms with E-state index in [-0.39, 0.29) is 5.91 Å². The molecule has 1 amide bonds. The molecule has 0 bridgehead atoms. The Labute approximate surface area is 140 Å². The first kappa shape index (κ1) is 15.9. The highest BCUT2D eigenvalue weighted by atomic mass is 16.5. The number of nitrogens with one attached hydrogen (secondary N) is 1. The van der Waals surface area contributed by atoms with Gasteiger partial charge in [0, 0.05) is 17.2 Å². The predicted molar refractivity (Wildman–Crippen MR) is 93.7 cm³/mol. The number of fused-ring (bicyclic) bond motifs is 1. The Balaban J connectivity index is 1.99. The SMILES string of the molecule is CCOc1ccc(C=C2C(=O)Nc3cc(OC)c(OC)cc32)cc1. The lowest BCUT2D eigenvalue weighted by Gasteiger charge is -2.09. The maximum absolute atomic E-state index is 12.3. The Hall–Kier alpha value is -2.95. The van der Waals surface area contributed by atoms with Crippen LogP contribution in [0.4, 0.5) is 5.69 Å². The summed E-state index contributed by atoms with van der Waals surface area (Å²) < 4.78 is 16.0. The summed E-state index contributed by atoms with van der Waals surface area (Å²) >= 11 is 0. The van der Waals surface area contributed by atoms with E-state index in [9.17, 15) is 4.79 Å². The highest BCUT2D eigenvalue weighted by molar-refractivity contribution is 6.35. The van der Waals surface area contributed by atoms with Crippen LogP contribution >= 0.6 is 0 Å². The van der Waals surface area contributed by atoms with E-state index in [1.54, 1.807) is 20.3 Å². The third-order valence-corrected chi connectivity index (χ3v) is 3.81. The highest BCUT2D eigenvalue weighted by Gasteiger charge is 2.26. The lowest BCUT2D eigenvalue weighted by molar-refractivity contribution is -0.110. The number of carbonyl (C=O) groups excluding carboxylic acids is 1. The zero-order valence-electron chi connectivity index (χ0n) is 13.9. The second-order valence-electron chi connectivity index (χ2n) is 5.27. The van der Waals surface area contributed by atoms with E-state index in [1.807, 2.05) is 43.3 Å². The summed E-state index contributed by atoms with van der Waals surface area (Å²) in [6, 6.07) is 11.2. The molecule has 5 heteroatoms. The van der Waals surface area contributed by atoms with E-state index in [1.165, 1.54) is 0 Å². The molecule has 2 aromatic rings. The zero-order chi connectivity index (χ0) is 17.1. The molecule has 1 heterocycles. The molecule has 0 saturated carbocycles. The van der Waals surface area contributed by atoms with E-state index < -0.39 is 0 Å². The average molecular weight is 325 g/mol. The fraction of sp³-hybridized carbons (Fsp3) is 0.211. The maximum Gasteiger partial charge on any atom is 0.256 e. The number of anilines is 1. The Bertz CT molecular complexity index is 794. The first-order valence-electron chi connectivity index (χ1n) is 7.68. The molecule has 3 rings (SSSR count). The molecule has 0 aliphatic carbocycles. The Morgan fingerprint density at radius 1 is 1.04 bits per heavy atom. The van der Waals surface area contributed by atoms with E-state index >= 15 is 0 Å². The van der Waals surface area contributed by atoms with Gasteiger partial charge < -0.3 is 19.5 Å². The van der Waals surface area contributed by atoms with Crippen molar-refractivity contribution < 1.29 is 19.0 Å². The summed E-state index contributed by atoms with van der Waals surface area (Å²) in [6.07, 6.45) is 1.85. The quantitative estimate of drug-likeness (QED) is 0.854. The maximum atomic E-state index is 12.3. The molecule has 1 N–H and O–H groups in total. The number of carbonyl (C=O) groups is 1. The minimum atomic E-state index is -0.144. The number of amides is 1. The number of ether oxygens (including phenoxy) is 3. The Kier molecular flexibility index (Phi) is 4.42. The minimum absolute atomic E-state index is 0.144. The minimum Gasteiger partial charge on any atom is -0.494 e. The number of rotatable bonds is 5. The summed E-state index contributed by atoms with van der Waals surface area (Å²) in [5.74, 6) is 1.83. The molecule has 1 aliphatic heterocycles. The van der Waals surface area contributed by atoms with Crippen LogP contribution in [0.5, 0.6) is 17.2 Å². The van der Waals surface area contributed by atoms with Crippen molar-refractivity contribution in [2.24, 2.45) is 0 Å². The fourth-order valence-corrected chi connectivity index (χ4v) is 2.65. The van der Waals surface area contributed by atoms with Gasteiger partial charge in [0.2, 0.25) is 0 Å². The van der Waals surface area contributed by atoms with Crippen molar-refractivity contribution in [3.8, 4) is 17.2 Å². The predicted octanol–water partition coefficient (Wildman–Crippen LogP) is 3.60. The molecule has 0 fully saturated rings. The van der Waals surface area contributed by atoms with Crippen molar-refractivity contribution in [1.29, 1.82) is 0 Å². The molecule has 24 heavy (non-hydrogen) atoms. The fourth-order valence-electron chi connectivity index (χ4n) is 2.65. The standard InChI is InChI=1S/C19H19NO4/c1-4-24-13-7-5-12(6-8-13)9-15-14-10-17(22-2)18(23-3)11-16(14)20-19(15)21/h5-11H,4H2,1-3H3,(H,20,21). The van der Waals surface area contributed by atoms with Gasteiger partial charge >= 0.3 is 0 Å². The Morgan fingerprint density at radius 3 is 2.33 bits per heavy atom. The normalized spacial score (nSPS) is 14.3. The zero-order valence-corrected chi connectivity index (χ0v) is 13.9. The first-order valence-corrected chi connectivity index (χ1v) is 7.68. The van der Waals surface area contributed by atoms with E-state index in [0.29, 0.717) is 23.7 Å². The number of methoxy groups -OCH3 is 2. The van der Waals surface area contributed by atoms with Crippen LogP contribution in [0.1, 0.15) is 18.1 Å². The molecule has 5 nitrogen and oxygen atoms in total. The summed E-state index contributed by atoms with van der Waals surface area (Å²) in [4.78, 5) is 12.3. The molecule has 0 radical (unpaired) electrons. The molecule has 2 aromatic carbocycles. The van der Waals surface area contributed by atoms with Gasteiger partial charge in [-0.3, -0.25) is 4.79 Å². The Morgan fingerprint density at radius 2 is 1.71 bits per heavy atom. The first-order chi connectivity index (χ1) is 11.7. The van der Waals surface area contributed by atoms with Crippen molar-refractivity contribution >= 4 is 23.2 Å². The number of benzene rings is 2. The van der Waals surface area contributed by atoms with Crippen molar-refractivity contribution in [2.75, 3.05) is 26.1 Å². The molecule has 0 atom stereocenters. The summed E-state index contributed by atoms with van der Waals surface area (Å²) in [7, 11) is 3.14. The molecule has 0 spiro atoms. The van der Waals surface area contributed by atoms with Crippen LogP contribution in [0.3, 0.4) is 0 Å². The third-order valence-electron chi connectivity index (χ3n) is 3.81. The van der Waals surface area contributed by atoms with Gasteiger partial charge in [-0.05, 0) is 36.8 Å². The van der Waals surface area contributed by atoms with Crippen LogP contribution in [0.25, 0.3) is 11.6 Å². The summed E-state index contributed by atoms with van der Waals surface area (Å²) in [5.41, 5.74) is 3.03. The van der Waals surface area contributed by atoms with E-state index in [4.69, 9.17) is 14.2 Å². The van der Waals surface area contributed by atoms with Crippen LogP contribution in [0.15, 0.2) is 36.4 Å². The molecule has 0 unspecified atom stereocenters. The van der Waals surface area contributed by atoms with Crippen molar-refractivity contribution in [2.45, 2.75) is 6.92 Å². The highest BCUT2D eigenvalue weighted by Crippen LogP contribution is 2.41. The lowest BCUT2D eigenvalue weighted by Crippen LogP contribution is -2.03. The van der Waals surface area contributed by atoms with Gasteiger partial charge in [0.25, 0.3) is 5.91 Å². The summed E-state index contributed by atoms with van der Waals surface area (Å²) in [6.45, 7) is 2.56. The smallest absolute Gasteiger partial charge is 0.256 e.